The van der Waals surface area contributed by atoms with Gasteiger partial charge in [0, 0.05) is 30.9 Å². The third kappa shape index (κ3) is 3.45. The van der Waals surface area contributed by atoms with E-state index in [1.54, 1.807) is 12.3 Å². The Morgan fingerprint density at radius 2 is 2.05 bits per heavy atom. The Bertz CT molecular complexity index is 606. The molecule has 3 nitrogen and oxygen atoms in total. The largest absolute Gasteiger partial charge is 0.378 e. The molecule has 5 heteroatoms. The van der Waals surface area contributed by atoms with Gasteiger partial charge in [-0.3, -0.25) is 0 Å². The number of anilines is 2. The van der Waals surface area contributed by atoms with Crippen LogP contribution in [-0.2, 0) is 6.54 Å². The lowest BCUT2D eigenvalue weighted by atomic mass is 10.2. The molecule has 0 atom stereocenters. The van der Waals surface area contributed by atoms with Gasteiger partial charge in [0.2, 0.25) is 0 Å². The van der Waals surface area contributed by atoms with Crippen molar-refractivity contribution in [2.45, 2.75) is 19.4 Å². The second-order valence-corrected chi connectivity index (χ2v) is 5.64. The smallest absolute Gasteiger partial charge is 0.151 e. The number of rotatable bonds is 4. The van der Waals surface area contributed by atoms with E-state index in [4.69, 9.17) is 11.6 Å². The summed E-state index contributed by atoms with van der Waals surface area (Å²) >= 11 is 5.88. The van der Waals surface area contributed by atoms with Gasteiger partial charge in [-0.15, -0.1) is 0 Å². The number of hydrogen-bond donors (Lipinski definition) is 1. The molecule has 1 N–H and O–H groups in total. The van der Waals surface area contributed by atoms with Gasteiger partial charge in [-0.1, -0.05) is 11.6 Å². The van der Waals surface area contributed by atoms with Gasteiger partial charge < -0.3 is 10.2 Å². The summed E-state index contributed by atoms with van der Waals surface area (Å²) in [5.74, 6) is 0.655. The molecule has 1 aromatic carbocycles. The van der Waals surface area contributed by atoms with Gasteiger partial charge in [0.05, 0.1) is 5.69 Å². The van der Waals surface area contributed by atoms with Crippen LogP contribution in [-0.4, -0.2) is 18.1 Å². The number of nitrogens with one attached hydrogen (secondary N) is 1. The predicted molar refractivity (Wildman–Crippen MR) is 84.4 cm³/mol. The van der Waals surface area contributed by atoms with Crippen LogP contribution in [0.4, 0.5) is 15.9 Å². The molecule has 1 fully saturated rings. The number of nitrogens with zero attached hydrogens (tertiary/aromatic N) is 2. The summed E-state index contributed by atoms with van der Waals surface area (Å²) in [6.07, 6.45) is 4.21. The fourth-order valence-corrected chi connectivity index (χ4v) is 2.87. The lowest BCUT2D eigenvalue weighted by Crippen LogP contribution is -2.20. The van der Waals surface area contributed by atoms with Gasteiger partial charge in [-0.05, 0) is 48.7 Å². The van der Waals surface area contributed by atoms with E-state index in [9.17, 15) is 4.39 Å². The maximum Gasteiger partial charge on any atom is 0.151 e. The van der Waals surface area contributed by atoms with Crippen LogP contribution in [0, 0.1) is 5.82 Å². The summed E-state index contributed by atoms with van der Waals surface area (Å²) in [6.45, 7) is 2.60. The standard InChI is InChI=1S/C16H17ClFN3/c17-13-8-12(9-14(18)10-13)11-20-15-4-3-5-19-16(15)21-6-1-2-7-21/h3-5,8-10,20H,1-2,6-7,11H2. The lowest BCUT2D eigenvalue weighted by Gasteiger charge is -2.20. The molecule has 1 aromatic heterocycles. The molecule has 0 spiro atoms. The minimum atomic E-state index is -0.315. The number of pyridine rings is 1. The Hall–Kier alpha value is -1.81. The van der Waals surface area contributed by atoms with Gasteiger partial charge in [0.1, 0.15) is 5.82 Å². The number of aromatic nitrogens is 1. The van der Waals surface area contributed by atoms with Gasteiger partial charge in [0.25, 0.3) is 0 Å². The average molecular weight is 306 g/mol. The molecule has 0 saturated carbocycles. The van der Waals surface area contributed by atoms with Crippen LogP contribution in [0.1, 0.15) is 18.4 Å². The third-order valence-corrected chi connectivity index (χ3v) is 3.82. The molecule has 0 amide bonds. The Labute approximate surface area is 128 Å². The number of halogens is 2. The molecule has 2 aromatic rings. The van der Waals surface area contributed by atoms with Crippen LogP contribution < -0.4 is 10.2 Å². The fraction of sp³-hybridized carbons (Fsp3) is 0.312. The molecule has 1 saturated heterocycles. The number of benzene rings is 1. The van der Waals surface area contributed by atoms with Gasteiger partial charge in [0.15, 0.2) is 5.82 Å². The normalized spacial score (nSPS) is 14.5. The first-order chi connectivity index (χ1) is 10.2. The highest BCUT2D eigenvalue weighted by Gasteiger charge is 2.16. The van der Waals surface area contributed by atoms with Crippen molar-refractivity contribution in [3.05, 3.63) is 52.9 Å². The predicted octanol–water partition coefficient (Wildman–Crippen LogP) is 4.09. The highest BCUT2D eigenvalue weighted by molar-refractivity contribution is 6.30. The summed E-state index contributed by atoms with van der Waals surface area (Å²) in [5.41, 5.74) is 1.79. The summed E-state index contributed by atoms with van der Waals surface area (Å²) in [7, 11) is 0. The van der Waals surface area contributed by atoms with Crippen LogP contribution >= 0.6 is 11.6 Å². The van der Waals surface area contributed by atoms with Crippen LogP contribution in [0.15, 0.2) is 36.5 Å². The first kappa shape index (κ1) is 14.1. The van der Waals surface area contributed by atoms with E-state index in [-0.39, 0.29) is 5.82 Å². The Kier molecular flexibility index (Phi) is 4.25. The van der Waals surface area contributed by atoms with Gasteiger partial charge >= 0.3 is 0 Å². The Morgan fingerprint density at radius 3 is 2.81 bits per heavy atom. The van der Waals surface area contributed by atoms with Crippen LogP contribution in [0.5, 0.6) is 0 Å². The van der Waals surface area contributed by atoms with Crippen molar-refractivity contribution in [2.24, 2.45) is 0 Å². The zero-order valence-corrected chi connectivity index (χ0v) is 12.4. The van der Waals surface area contributed by atoms with E-state index in [0.29, 0.717) is 11.6 Å². The topological polar surface area (TPSA) is 28.2 Å². The Balaban J connectivity index is 1.75. The summed E-state index contributed by atoms with van der Waals surface area (Å²) < 4.78 is 13.3. The van der Waals surface area contributed by atoms with Crippen molar-refractivity contribution in [1.29, 1.82) is 0 Å². The average Bonchev–Trinajstić information content (AvgIpc) is 2.98. The maximum absolute atomic E-state index is 13.3. The van der Waals surface area contributed by atoms with E-state index < -0.39 is 0 Å². The van der Waals surface area contributed by atoms with Crippen molar-refractivity contribution in [2.75, 3.05) is 23.3 Å². The van der Waals surface area contributed by atoms with Crippen LogP contribution in [0.25, 0.3) is 0 Å². The SMILES string of the molecule is Fc1cc(Cl)cc(CNc2cccnc2N2CCCC2)c1. The van der Waals surface area contributed by atoms with Crippen LogP contribution in [0.3, 0.4) is 0 Å². The minimum Gasteiger partial charge on any atom is -0.378 e. The molecule has 0 radical (unpaired) electrons. The third-order valence-electron chi connectivity index (χ3n) is 3.60. The van der Waals surface area contributed by atoms with Crippen molar-refractivity contribution < 1.29 is 4.39 Å². The molecule has 21 heavy (non-hydrogen) atoms. The summed E-state index contributed by atoms with van der Waals surface area (Å²) in [4.78, 5) is 6.75. The molecular weight excluding hydrogens is 289 g/mol. The molecule has 1 aliphatic heterocycles. The second kappa shape index (κ2) is 6.31. The quantitative estimate of drug-likeness (QED) is 0.922. The molecule has 1 aliphatic rings. The van der Waals surface area contributed by atoms with E-state index in [0.717, 1.165) is 30.2 Å². The van der Waals surface area contributed by atoms with Gasteiger partial charge in [-0.2, -0.15) is 0 Å². The van der Waals surface area contributed by atoms with Crippen molar-refractivity contribution >= 4 is 23.1 Å². The van der Waals surface area contributed by atoms with Crippen molar-refractivity contribution in [3.8, 4) is 0 Å². The van der Waals surface area contributed by atoms with Crippen molar-refractivity contribution in [1.82, 2.24) is 4.98 Å². The zero-order valence-electron chi connectivity index (χ0n) is 11.6. The molecule has 0 bridgehead atoms. The van der Waals surface area contributed by atoms with E-state index in [1.807, 2.05) is 12.1 Å². The monoisotopic (exact) mass is 305 g/mol. The minimum absolute atomic E-state index is 0.315. The van der Waals surface area contributed by atoms with Gasteiger partial charge in [-0.25, -0.2) is 9.37 Å². The van der Waals surface area contributed by atoms with E-state index in [1.165, 1.54) is 25.0 Å². The molecular formula is C16H17ClFN3. The molecule has 110 valence electrons. The first-order valence-corrected chi connectivity index (χ1v) is 7.49. The van der Waals surface area contributed by atoms with E-state index >= 15 is 0 Å². The molecule has 3 rings (SSSR count). The van der Waals surface area contributed by atoms with Crippen molar-refractivity contribution in [3.63, 3.8) is 0 Å². The number of hydrogen-bond acceptors (Lipinski definition) is 3. The Morgan fingerprint density at radius 1 is 1.24 bits per heavy atom. The lowest BCUT2D eigenvalue weighted by molar-refractivity contribution is 0.626. The van der Waals surface area contributed by atoms with Crippen LogP contribution in [0.2, 0.25) is 5.02 Å². The maximum atomic E-state index is 13.3. The molecule has 0 aliphatic carbocycles. The first-order valence-electron chi connectivity index (χ1n) is 7.11. The fourth-order valence-electron chi connectivity index (χ4n) is 2.63. The molecule has 2 heterocycles. The zero-order chi connectivity index (χ0) is 14.7. The van der Waals surface area contributed by atoms with E-state index in [2.05, 4.69) is 15.2 Å². The second-order valence-electron chi connectivity index (χ2n) is 5.20. The molecule has 0 unspecified atom stereocenters. The highest BCUT2D eigenvalue weighted by Crippen LogP contribution is 2.26. The highest BCUT2D eigenvalue weighted by atomic mass is 35.5. The summed E-state index contributed by atoms with van der Waals surface area (Å²) in [6, 6.07) is 8.47. The summed E-state index contributed by atoms with van der Waals surface area (Å²) in [5, 5.41) is 3.75.